The van der Waals surface area contributed by atoms with Crippen LogP contribution in [0.25, 0.3) is 10.9 Å². The number of carbonyl (C=O) groups excluding carboxylic acids is 2. The molecule has 0 spiro atoms. The number of ether oxygens (including phenoxy) is 1. The van der Waals surface area contributed by atoms with Crippen molar-refractivity contribution in [3.05, 3.63) is 111 Å². The van der Waals surface area contributed by atoms with Crippen LogP contribution in [0.5, 0.6) is 0 Å². The number of hydrogen-bond donors (Lipinski definition) is 2. The van der Waals surface area contributed by atoms with Crippen molar-refractivity contribution in [3.63, 3.8) is 0 Å². The van der Waals surface area contributed by atoms with Gasteiger partial charge in [0.1, 0.15) is 6.10 Å². The van der Waals surface area contributed by atoms with Gasteiger partial charge in [-0.15, -0.1) is 0 Å². The molecule has 0 bridgehead atoms. The fourth-order valence-corrected chi connectivity index (χ4v) is 4.16. The Hall–Kier alpha value is -4.19. The molecule has 164 valence electrons. The largest absolute Gasteiger partial charge is 0.454 e. The van der Waals surface area contributed by atoms with Gasteiger partial charge in [-0.25, -0.2) is 4.79 Å². The molecule has 0 saturated carbocycles. The summed E-state index contributed by atoms with van der Waals surface area (Å²) in [6.45, 7) is 1.98. The van der Waals surface area contributed by atoms with E-state index in [-0.39, 0.29) is 17.4 Å². The molecule has 2 N–H and O–H groups in total. The first-order valence-corrected chi connectivity index (χ1v) is 10.9. The summed E-state index contributed by atoms with van der Waals surface area (Å²) in [6, 6.07) is 21.3. The van der Waals surface area contributed by atoms with E-state index in [0.29, 0.717) is 28.6 Å². The van der Waals surface area contributed by atoms with Crippen LogP contribution in [0.4, 0.5) is 5.69 Å². The number of cyclic esters (lactones) is 1. The van der Waals surface area contributed by atoms with Crippen molar-refractivity contribution in [2.45, 2.75) is 25.9 Å². The van der Waals surface area contributed by atoms with Gasteiger partial charge in [-0.1, -0.05) is 37.3 Å². The van der Waals surface area contributed by atoms with Crippen LogP contribution in [-0.2, 0) is 17.6 Å². The van der Waals surface area contributed by atoms with Gasteiger partial charge < -0.3 is 15.0 Å². The Balaban J connectivity index is 1.40. The molecular formula is C27H22N2O4. The Labute approximate surface area is 190 Å². The molecular weight excluding hydrogens is 416 g/mol. The maximum Gasteiger partial charge on any atom is 0.339 e. The minimum atomic E-state index is -0.391. The minimum absolute atomic E-state index is 0.0871. The predicted octanol–water partition coefficient (Wildman–Crippen LogP) is 4.80. The van der Waals surface area contributed by atoms with Crippen molar-refractivity contribution in [1.29, 1.82) is 0 Å². The molecule has 0 radical (unpaired) electrons. The zero-order chi connectivity index (χ0) is 22.9. The Morgan fingerprint density at radius 2 is 1.85 bits per heavy atom. The molecule has 2 heterocycles. The maximum atomic E-state index is 12.9. The Morgan fingerprint density at radius 1 is 1.03 bits per heavy atom. The quantitative estimate of drug-likeness (QED) is 0.448. The number of esters is 1. The number of benzene rings is 3. The van der Waals surface area contributed by atoms with E-state index in [1.807, 2.05) is 37.3 Å². The summed E-state index contributed by atoms with van der Waals surface area (Å²) in [5.74, 6) is -0.703. The molecule has 1 aliphatic heterocycles. The second kappa shape index (κ2) is 8.39. The molecule has 5 rings (SSSR count). The number of fused-ring (bicyclic) bond motifs is 2. The average Bonchev–Trinajstić information content (AvgIpc) is 2.84. The Kier molecular flexibility index (Phi) is 5.26. The van der Waals surface area contributed by atoms with Crippen molar-refractivity contribution < 1.29 is 14.3 Å². The first-order valence-electron chi connectivity index (χ1n) is 10.9. The normalized spacial score (nSPS) is 15.1. The van der Waals surface area contributed by atoms with Gasteiger partial charge in [0, 0.05) is 40.3 Å². The zero-order valence-corrected chi connectivity index (χ0v) is 18.1. The van der Waals surface area contributed by atoms with Crippen LogP contribution >= 0.6 is 0 Å². The molecule has 0 aliphatic carbocycles. The molecule has 1 aromatic heterocycles. The molecule has 33 heavy (non-hydrogen) atoms. The Bertz CT molecular complexity index is 1440. The molecule has 1 atom stereocenters. The standard InChI is InChI=1S/C27H22N2O4/c1-2-19-15-24(30)22-14-20(9-11-23(22)28-19)29-26(31)17-8-10-21-18(12-17)13-25(33-27(21)32)16-6-4-3-5-7-16/h3-12,14-15,25H,2,13H2,1H3,(H,28,30)(H,29,31)/t25-/m0/s1. The predicted molar refractivity (Wildman–Crippen MR) is 127 cm³/mol. The van der Waals surface area contributed by atoms with Crippen LogP contribution in [0, 0.1) is 0 Å². The number of nitrogens with one attached hydrogen (secondary N) is 2. The molecule has 1 aliphatic rings. The summed E-state index contributed by atoms with van der Waals surface area (Å²) in [5.41, 5.74) is 4.64. The number of H-pyrrole nitrogens is 1. The molecule has 3 aromatic carbocycles. The van der Waals surface area contributed by atoms with E-state index in [0.717, 1.165) is 28.8 Å². The van der Waals surface area contributed by atoms with Gasteiger partial charge in [-0.2, -0.15) is 0 Å². The maximum absolute atomic E-state index is 12.9. The van der Waals surface area contributed by atoms with E-state index in [4.69, 9.17) is 4.74 Å². The van der Waals surface area contributed by atoms with Gasteiger partial charge in [0.05, 0.1) is 5.56 Å². The van der Waals surface area contributed by atoms with E-state index in [1.54, 1.807) is 42.5 Å². The molecule has 0 fully saturated rings. The van der Waals surface area contributed by atoms with Crippen molar-refractivity contribution >= 4 is 28.5 Å². The lowest BCUT2D eigenvalue weighted by Gasteiger charge is -2.25. The summed E-state index contributed by atoms with van der Waals surface area (Å²) in [4.78, 5) is 41.1. The van der Waals surface area contributed by atoms with Crippen molar-refractivity contribution in [2.24, 2.45) is 0 Å². The van der Waals surface area contributed by atoms with Gasteiger partial charge in [-0.3, -0.25) is 9.59 Å². The molecule has 4 aromatic rings. The SMILES string of the molecule is CCc1cc(=O)c2cc(NC(=O)c3ccc4c(c3)C[C@@H](c3ccccc3)OC4=O)ccc2[nH]1. The van der Waals surface area contributed by atoms with E-state index < -0.39 is 5.97 Å². The minimum Gasteiger partial charge on any atom is -0.454 e. The highest BCUT2D eigenvalue weighted by molar-refractivity contribution is 6.06. The molecule has 6 heteroatoms. The number of carbonyl (C=O) groups is 2. The number of amides is 1. The lowest BCUT2D eigenvalue weighted by Crippen LogP contribution is -2.23. The van der Waals surface area contributed by atoms with Crippen molar-refractivity contribution in [1.82, 2.24) is 4.98 Å². The Morgan fingerprint density at radius 3 is 2.64 bits per heavy atom. The van der Waals surface area contributed by atoms with Gasteiger partial charge in [-0.05, 0) is 53.9 Å². The number of aromatic nitrogens is 1. The van der Waals surface area contributed by atoms with Gasteiger partial charge >= 0.3 is 5.97 Å². The van der Waals surface area contributed by atoms with Crippen molar-refractivity contribution in [2.75, 3.05) is 5.32 Å². The van der Waals surface area contributed by atoms with E-state index >= 15 is 0 Å². The van der Waals surface area contributed by atoms with Gasteiger partial charge in [0.2, 0.25) is 0 Å². The smallest absolute Gasteiger partial charge is 0.339 e. The lowest BCUT2D eigenvalue weighted by atomic mass is 9.93. The van der Waals surface area contributed by atoms with E-state index in [1.165, 1.54) is 0 Å². The fraction of sp³-hybridized carbons (Fsp3) is 0.148. The summed E-state index contributed by atoms with van der Waals surface area (Å²) in [7, 11) is 0. The number of anilines is 1. The van der Waals surface area contributed by atoms with Crippen LogP contribution in [0.15, 0.2) is 77.6 Å². The first kappa shape index (κ1) is 20.7. The number of hydrogen-bond acceptors (Lipinski definition) is 4. The third-order valence-electron chi connectivity index (χ3n) is 5.94. The zero-order valence-electron chi connectivity index (χ0n) is 18.1. The summed E-state index contributed by atoms with van der Waals surface area (Å²) in [5, 5.41) is 3.38. The van der Waals surface area contributed by atoms with Gasteiger partial charge in [0.15, 0.2) is 5.43 Å². The van der Waals surface area contributed by atoms with Crippen LogP contribution in [-0.4, -0.2) is 16.9 Å². The van der Waals surface area contributed by atoms with Crippen LogP contribution in [0.3, 0.4) is 0 Å². The lowest BCUT2D eigenvalue weighted by molar-refractivity contribution is 0.0252. The van der Waals surface area contributed by atoms with Crippen molar-refractivity contribution in [3.8, 4) is 0 Å². The highest BCUT2D eigenvalue weighted by Crippen LogP contribution is 2.31. The monoisotopic (exact) mass is 438 g/mol. The van der Waals surface area contributed by atoms with Gasteiger partial charge in [0.25, 0.3) is 5.91 Å². The number of pyridine rings is 1. The topological polar surface area (TPSA) is 88.3 Å². The number of aromatic amines is 1. The summed E-state index contributed by atoms with van der Waals surface area (Å²) in [6.07, 6.45) is 0.850. The summed E-state index contributed by atoms with van der Waals surface area (Å²) >= 11 is 0. The first-order chi connectivity index (χ1) is 16.0. The van der Waals surface area contributed by atoms with E-state index in [2.05, 4.69) is 10.3 Å². The second-order valence-corrected chi connectivity index (χ2v) is 8.11. The highest BCUT2D eigenvalue weighted by Gasteiger charge is 2.28. The highest BCUT2D eigenvalue weighted by atomic mass is 16.5. The second-order valence-electron chi connectivity index (χ2n) is 8.11. The van der Waals surface area contributed by atoms with Crippen LogP contribution in [0.2, 0.25) is 0 Å². The number of aryl methyl sites for hydroxylation is 1. The molecule has 0 saturated heterocycles. The third kappa shape index (κ3) is 4.03. The van der Waals surface area contributed by atoms with Crippen LogP contribution in [0.1, 0.15) is 50.6 Å². The third-order valence-corrected chi connectivity index (χ3v) is 5.94. The molecule has 1 amide bonds. The van der Waals surface area contributed by atoms with Crippen LogP contribution < -0.4 is 10.7 Å². The molecule has 6 nitrogen and oxygen atoms in total. The summed E-state index contributed by atoms with van der Waals surface area (Å²) < 4.78 is 5.59. The van der Waals surface area contributed by atoms with E-state index in [9.17, 15) is 14.4 Å². The fourth-order valence-electron chi connectivity index (χ4n) is 4.16. The average molecular weight is 438 g/mol. The molecule has 0 unspecified atom stereocenters. The number of rotatable bonds is 4.